The Morgan fingerprint density at radius 3 is 2.58 bits per heavy atom. The number of carbonyl (C=O) groups is 2. The van der Waals surface area contributed by atoms with Gasteiger partial charge in [0.1, 0.15) is 5.54 Å². The minimum absolute atomic E-state index is 0.235. The van der Waals surface area contributed by atoms with Gasteiger partial charge in [-0.25, -0.2) is 0 Å². The van der Waals surface area contributed by atoms with Crippen molar-refractivity contribution < 1.29 is 9.59 Å². The predicted octanol–water partition coefficient (Wildman–Crippen LogP) is 3.07. The van der Waals surface area contributed by atoms with Crippen molar-refractivity contribution in [2.75, 3.05) is 6.54 Å². The van der Waals surface area contributed by atoms with Gasteiger partial charge in [0.05, 0.1) is 0 Å². The molecule has 2 heterocycles. The maximum absolute atomic E-state index is 12.6. The molecule has 2 saturated heterocycles. The maximum Gasteiger partial charge on any atom is 0.223 e. The van der Waals surface area contributed by atoms with Crippen LogP contribution in [0.5, 0.6) is 0 Å². The van der Waals surface area contributed by atoms with Crippen LogP contribution in [-0.4, -0.2) is 28.7 Å². The topological polar surface area (TPSA) is 37.4 Å². The molecule has 0 aromatic rings. The lowest BCUT2D eigenvalue weighted by molar-refractivity contribution is -0.142. The summed E-state index contributed by atoms with van der Waals surface area (Å²) in [6, 6.07) is 0. The third-order valence-electron chi connectivity index (χ3n) is 5.45. The average Bonchev–Trinajstić information content (AvgIpc) is 2.80. The van der Waals surface area contributed by atoms with Gasteiger partial charge in [0, 0.05) is 19.4 Å². The van der Waals surface area contributed by atoms with E-state index in [1.165, 1.54) is 32.1 Å². The van der Waals surface area contributed by atoms with Gasteiger partial charge in [-0.1, -0.05) is 32.1 Å². The van der Waals surface area contributed by atoms with Crippen molar-refractivity contribution in [3.8, 4) is 0 Å². The zero-order valence-corrected chi connectivity index (χ0v) is 11.8. The number of carbonyl (C=O) groups excluding carboxylic acids is 2. The number of Topliss-reactive ketones (excluding diaryl/α,β-unsaturated/α-hetero) is 1. The molecule has 106 valence electrons. The van der Waals surface area contributed by atoms with Crippen LogP contribution in [0.2, 0.25) is 0 Å². The molecule has 0 aromatic carbocycles. The number of hydrogen-bond acceptors (Lipinski definition) is 2. The summed E-state index contributed by atoms with van der Waals surface area (Å²) in [5.41, 5.74) is -0.393. The molecule has 1 amide bonds. The van der Waals surface area contributed by atoms with Gasteiger partial charge < -0.3 is 4.90 Å². The van der Waals surface area contributed by atoms with E-state index in [2.05, 4.69) is 0 Å². The molecular weight excluding hydrogens is 238 g/mol. The second-order valence-corrected chi connectivity index (χ2v) is 6.67. The van der Waals surface area contributed by atoms with Gasteiger partial charge in [0.25, 0.3) is 0 Å². The third kappa shape index (κ3) is 2.32. The van der Waals surface area contributed by atoms with Crippen LogP contribution in [0.4, 0.5) is 0 Å². The smallest absolute Gasteiger partial charge is 0.223 e. The average molecular weight is 263 g/mol. The highest BCUT2D eigenvalue weighted by Crippen LogP contribution is 2.42. The molecule has 0 aromatic heterocycles. The molecule has 3 nitrogen and oxygen atoms in total. The number of fused-ring (bicyclic) bond motifs is 1. The van der Waals surface area contributed by atoms with Crippen molar-refractivity contribution in [1.29, 1.82) is 0 Å². The molecule has 3 fully saturated rings. The van der Waals surface area contributed by atoms with E-state index in [0.717, 1.165) is 32.2 Å². The Morgan fingerprint density at radius 1 is 1.00 bits per heavy atom. The Balaban J connectivity index is 1.83. The summed E-state index contributed by atoms with van der Waals surface area (Å²) in [5.74, 6) is 1.27. The zero-order valence-electron chi connectivity index (χ0n) is 11.8. The van der Waals surface area contributed by atoms with E-state index >= 15 is 0 Å². The van der Waals surface area contributed by atoms with Gasteiger partial charge in [-0.3, -0.25) is 9.59 Å². The van der Waals surface area contributed by atoms with Crippen LogP contribution in [0, 0.1) is 5.92 Å². The molecule has 3 rings (SSSR count). The fourth-order valence-corrected chi connectivity index (χ4v) is 4.49. The molecule has 1 atom stereocenters. The Kier molecular flexibility index (Phi) is 3.64. The van der Waals surface area contributed by atoms with Crippen molar-refractivity contribution in [1.82, 2.24) is 4.90 Å². The molecule has 0 radical (unpaired) electrons. The molecule has 0 spiro atoms. The highest BCUT2D eigenvalue weighted by molar-refractivity contribution is 5.95. The summed E-state index contributed by atoms with van der Waals surface area (Å²) in [5, 5.41) is 0. The first kappa shape index (κ1) is 13.1. The lowest BCUT2D eigenvalue weighted by Crippen LogP contribution is -2.52. The van der Waals surface area contributed by atoms with Crippen LogP contribution in [-0.2, 0) is 9.59 Å². The molecule has 3 heteroatoms. The first-order chi connectivity index (χ1) is 9.22. The third-order valence-corrected chi connectivity index (χ3v) is 5.45. The van der Waals surface area contributed by atoms with E-state index in [4.69, 9.17) is 0 Å². The fraction of sp³-hybridized carbons (Fsp3) is 0.875. The lowest BCUT2D eigenvalue weighted by atomic mass is 9.75. The Hall–Kier alpha value is -0.860. The Labute approximate surface area is 115 Å². The molecule has 2 aliphatic heterocycles. The maximum atomic E-state index is 12.6. The van der Waals surface area contributed by atoms with Crippen LogP contribution in [0.3, 0.4) is 0 Å². The molecule has 0 unspecified atom stereocenters. The highest BCUT2D eigenvalue weighted by Gasteiger charge is 2.50. The van der Waals surface area contributed by atoms with Crippen LogP contribution in [0.25, 0.3) is 0 Å². The lowest BCUT2D eigenvalue weighted by Gasteiger charge is -2.39. The SMILES string of the molecule is O=C1CCCC(=O)[C@]2(CC3CCCCC3)CCCN12. The number of rotatable bonds is 2. The first-order valence-electron chi connectivity index (χ1n) is 8.06. The van der Waals surface area contributed by atoms with Crippen LogP contribution >= 0.6 is 0 Å². The zero-order chi connectivity index (χ0) is 13.3. The van der Waals surface area contributed by atoms with Crippen molar-refractivity contribution in [3.05, 3.63) is 0 Å². The number of ketones is 1. The molecule has 1 saturated carbocycles. The molecule has 0 N–H and O–H groups in total. The standard InChI is InChI=1S/C16H25NO2/c18-14-8-4-9-15(19)17-11-5-10-16(14,17)12-13-6-2-1-3-7-13/h13H,1-12H2/t16-/m1/s1. The highest BCUT2D eigenvalue weighted by atomic mass is 16.2. The van der Waals surface area contributed by atoms with Gasteiger partial charge >= 0.3 is 0 Å². The molecule has 1 aliphatic carbocycles. The summed E-state index contributed by atoms with van der Waals surface area (Å²) in [4.78, 5) is 26.9. The monoisotopic (exact) mass is 263 g/mol. The van der Waals surface area contributed by atoms with Gasteiger partial charge in [0.15, 0.2) is 5.78 Å². The minimum atomic E-state index is -0.393. The van der Waals surface area contributed by atoms with Crippen molar-refractivity contribution >= 4 is 11.7 Å². The quantitative estimate of drug-likeness (QED) is 0.768. The minimum Gasteiger partial charge on any atom is -0.330 e. The fourth-order valence-electron chi connectivity index (χ4n) is 4.49. The van der Waals surface area contributed by atoms with Crippen LogP contribution in [0.15, 0.2) is 0 Å². The predicted molar refractivity (Wildman–Crippen MR) is 73.7 cm³/mol. The summed E-state index contributed by atoms with van der Waals surface area (Å²) in [6.45, 7) is 0.817. The molecule has 0 bridgehead atoms. The van der Waals surface area contributed by atoms with Gasteiger partial charge in [-0.05, 0) is 31.6 Å². The first-order valence-corrected chi connectivity index (χ1v) is 8.06. The van der Waals surface area contributed by atoms with E-state index in [9.17, 15) is 9.59 Å². The summed E-state index contributed by atoms with van der Waals surface area (Å²) in [6.07, 6.45) is 11.4. The number of nitrogens with zero attached hydrogens (tertiary/aromatic N) is 1. The van der Waals surface area contributed by atoms with Crippen molar-refractivity contribution in [2.45, 2.75) is 76.2 Å². The molecular formula is C16H25NO2. The van der Waals surface area contributed by atoms with E-state index in [1.54, 1.807) is 0 Å². The normalized spacial score (nSPS) is 33.4. The van der Waals surface area contributed by atoms with Crippen molar-refractivity contribution in [2.24, 2.45) is 5.92 Å². The van der Waals surface area contributed by atoms with Crippen LogP contribution in [0.1, 0.15) is 70.6 Å². The van der Waals surface area contributed by atoms with E-state index < -0.39 is 5.54 Å². The van der Waals surface area contributed by atoms with Gasteiger partial charge in [-0.2, -0.15) is 0 Å². The van der Waals surface area contributed by atoms with E-state index in [-0.39, 0.29) is 5.91 Å². The van der Waals surface area contributed by atoms with Gasteiger partial charge in [-0.15, -0.1) is 0 Å². The van der Waals surface area contributed by atoms with Crippen LogP contribution < -0.4 is 0 Å². The Bertz CT molecular complexity index is 373. The number of amides is 1. The molecule has 3 aliphatic rings. The second kappa shape index (κ2) is 5.26. The van der Waals surface area contributed by atoms with E-state index in [0.29, 0.717) is 24.5 Å². The summed E-state index contributed by atoms with van der Waals surface area (Å²) >= 11 is 0. The summed E-state index contributed by atoms with van der Waals surface area (Å²) in [7, 11) is 0. The van der Waals surface area contributed by atoms with E-state index in [1.807, 2.05) is 4.90 Å². The molecule has 19 heavy (non-hydrogen) atoms. The van der Waals surface area contributed by atoms with Crippen molar-refractivity contribution in [3.63, 3.8) is 0 Å². The largest absolute Gasteiger partial charge is 0.330 e. The van der Waals surface area contributed by atoms with Gasteiger partial charge in [0.2, 0.25) is 5.91 Å². The Morgan fingerprint density at radius 2 is 1.79 bits per heavy atom. The number of hydrogen-bond donors (Lipinski definition) is 0. The second-order valence-electron chi connectivity index (χ2n) is 6.67. The summed E-state index contributed by atoms with van der Waals surface area (Å²) < 4.78 is 0.